The van der Waals surface area contributed by atoms with Crippen LogP contribution in [-0.4, -0.2) is 73.4 Å². The number of nitrogens with one attached hydrogen (secondary N) is 1. The lowest BCUT2D eigenvalue weighted by Gasteiger charge is -2.38. The predicted octanol–water partition coefficient (Wildman–Crippen LogP) is 0.371. The molecule has 0 aromatic heterocycles. The third-order valence-corrected chi connectivity index (χ3v) is 3.48. The molecule has 0 saturated carbocycles. The SMILES string of the molecule is CC(C)NC(CO)CN1CCCC(N(C)C)C1. The molecule has 0 aromatic carbocycles. The normalized spacial score (nSPS) is 24.5. The molecule has 1 heterocycles. The van der Waals surface area contributed by atoms with Crippen LogP contribution in [0.4, 0.5) is 0 Å². The molecule has 1 fully saturated rings. The van der Waals surface area contributed by atoms with Crippen LogP contribution in [0, 0.1) is 0 Å². The Morgan fingerprint density at radius 3 is 2.65 bits per heavy atom. The Kier molecular flexibility index (Phi) is 6.41. The van der Waals surface area contributed by atoms with E-state index in [1.807, 2.05) is 0 Å². The second-order valence-corrected chi connectivity index (χ2v) is 5.72. The minimum absolute atomic E-state index is 0.205. The van der Waals surface area contributed by atoms with Crippen molar-refractivity contribution in [3.63, 3.8) is 0 Å². The number of piperidine rings is 1. The van der Waals surface area contributed by atoms with E-state index in [9.17, 15) is 5.11 Å². The second kappa shape index (κ2) is 7.31. The number of likely N-dealkylation sites (N-methyl/N-ethyl adjacent to an activating group) is 1. The van der Waals surface area contributed by atoms with E-state index in [0.717, 1.165) is 13.1 Å². The number of likely N-dealkylation sites (tertiary alicyclic amines) is 1. The van der Waals surface area contributed by atoms with E-state index >= 15 is 0 Å². The molecule has 1 aliphatic heterocycles. The Morgan fingerprint density at radius 2 is 2.12 bits per heavy atom. The van der Waals surface area contributed by atoms with Gasteiger partial charge in [-0.1, -0.05) is 13.8 Å². The minimum atomic E-state index is 0.205. The summed E-state index contributed by atoms with van der Waals surface area (Å²) in [6.45, 7) is 7.73. The summed E-state index contributed by atoms with van der Waals surface area (Å²) in [6, 6.07) is 1.31. The molecule has 0 amide bonds. The standard InChI is InChI=1S/C13H29N3O/c1-11(2)14-12(10-17)8-16-7-5-6-13(9-16)15(3)4/h11-14,17H,5-10H2,1-4H3. The van der Waals surface area contributed by atoms with Gasteiger partial charge in [0.05, 0.1) is 6.61 Å². The van der Waals surface area contributed by atoms with Crippen LogP contribution in [-0.2, 0) is 0 Å². The molecular weight excluding hydrogens is 214 g/mol. The van der Waals surface area contributed by atoms with Crippen molar-refractivity contribution in [2.24, 2.45) is 0 Å². The highest BCUT2D eigenvalue weighted by molar-refractivity contribution is 4.81. The van der Waals surface area contributed by atoms with E-state index in [1.165, 1.54) is 19.4 Å². The predicted molar refractivity (Wildman–Crippen MR) is 72.3 cm³/mol. The van der Waals surface area contributed by atoms with Gasteiger partial charge in [-0.15, -0.1) is 0 Å². The van der Waals surface area contributed by atoms with Crippen LogP contribution in [0.1, 0.15) is 26.7 Å². The first kappa shape index (κ1) is 14.9. The van der Waals surface area contributed by atoms with Crippen molar-refractivity contribution in [3.05, 3.63) is 0 Å². The first-order chi connectivity index (χ1) is 8.02. The molecule has 0 bridgehead atoms. The zero-order chi connectivity index (χ0) is 12.8. The number of nitrogens with zero attached hydrogens (tertiary/aromatic N) is 2. The number of hydrogen-bond acceptors (Lipinski definition) is 4. The molecule has 2 atom stereocenters. The molecule has 2 N–H and O–H groups in total. The molecule has 1 aliphatic rings. The van der Waals surface area contributed by atoms with E-state index < -0.39 is 0 Å². The van der Waals surface area contributed by atoms with Gasteiger partial charge >= 0.3 is 0 Å². The molecule has 1 saturated heterocycles. The van der Waals surface area contributed by atoms with Crippen LogP contribution < -0.4 is 5.32 Å². The smallest absolute Gasteiger partial charge is 0.0597 e. The van der Waals surface area contributed by atoms with Crippen molar-refractivity contribution in [3.8, 4) is 0 Å². The van der Waals surface area contributed by atoms with E-state index in [4.69, 9.17) is 0 Å². The summed E-state index contributed by atoms with van der Waals surface area (Å²) >= 11 is 0. The summed E-state index contributed by atoms with van der Waals surface area (Å²) in [6.07, 6.45) is 2.56. The van der Waals surface area contributed by atoms with Gasteiger partial charge in [0.2, 0.25) is 0 Å². The summed E-state index contributed by atoms with van der Waals surface area (Å²) in [5, 5.41) is 12.8. The molecule has 4 heteroatoms. The van der Waals surface area contributed by atoms with Gasteiger partial charge in [0.1, 0.15) is 0 Å². The quantitative estimate of drug-likeness (QED) is 0.707. The highest BCUT2D eigenvalue weighted by atomic mass is 16.3. The van der Waals surface area contributed by atoms with Gasteiger partial charge in [-0.25, -0.2) is 0 Å². The van der Waals surface area contributed by atoms with Crippen molar-refractivity contribution in [1.29, 1.82) is 0 Å². The number of hydrogen-bond donors (Lipinski definition) is 2. The van der Waals surface area contributed by atoms with Gasteiger partial charge in [0, 0.05) is 31.2 Å². The molecule has 2 unspecified atom stereocenters. The van der Waals surface area contributed by atoms with Crippen molar-refractivity contribution < 1.29 is 5.11 Å². The minimum Gasteiger partial charge on any atom is -0.395 e. The fourth-order valence-electron chi connectivity index (χ4n) is 2.56. The molecule has 102 valence electrons. The van der Waals surface area contributed by atoms with Gasteiger partial charge in [-0.05, 0) is 33.5 Å². The number of aliphatic hydroxyl groups excluding tert-OH is 1. The monoisotopic (exact) mass is 243 g/mol. The third-order valence-electron chi connectivity index (χ3n) is 3.48. The van der Waals surface area contributed by atoms with Gasteiger partial charge in [0.25, 0.3) is 0 Å². The fourth-order valence-corrected chi connectivity index (χ4v) is 2.56. The van der Waals surface area contributed by atoms with Crippen molar-refractivity contribution in [1.82, 2.24) is 15.1 Å². The summed E-state index contributed by atoms with van der Waals surface area (Å²) in [7, 11) is 4.31. The van der Waals surface area contributed by atoms with Crippen LogP contribution in [0.5, 0.6) is 0 Å². The van der Waals surface area contributed by atoms with Crippen LogP contribution in [0.25, 0.3) is 0 Å². The summed E-state index contributed by atoms with van der Waals surface area (Å²) in [4.78, 5) is 4.79. The lowest BCUT2D eigenvalue weighted by atomic mass is 10.0. The maximum absolute atomic E-state index is 9.38. The Balaban J connectivity index is 2.38. The third kappa shape index (κ3) is 5.34. The highest BCUT2D eigenvalue weighted by Crippen LogP contribution is 2.13. The van der Waals surface area contributed by atoms with Crippen molar-refractivity contribution >= 4 is 0 Å². The lowest BCUT2D eigenvalue weighted by molar-refractivity contribution is 0.108. The van der Waals surface area contributed by atoms with Gasteiger partial charge in [0.15, 0.2) is 0 Å². The molecule has 17 heavy (non-hydrogen) atoms. The number of rotatable bonds is 6. The zero-order valence-electron chi connectivity index (χ0n) is 11.8. The molecule has 0 spiro atoms. The Labute approximate surface area is 106 Å². The molecule has 4 nitrogen and oxygen atoms in total. The molecule has 0 aliphatic carbocycles. The lowest BCUT2D eigenvalue weighted by Crippen LogP contribution is -2.51. The van der Waals surface area contributed by atoms with Crippen LogP contribution >= 0.6 is 0 Å². The second-order valence-electron chi connectivity index (χ2n) is 5.72. The largest absolute Gasteiger partial charge is 0.395 e. The van der Waals surface area contributed by atoms with E-state index in [-0.39, 0.29) is 12.6 Å². The van der Waals surface area contributed by atoms with Crippen LogP contribution in [0.3, 0.4) is 0 Å². The van der Waals surface area contributed by atoms with E-state index in [0.29, 0.717) is 12.1 Å². The van der Waals surface area contributed by atoms with Gasteiger partial charge in [-0.2, -0.15) is 0 Å². The first-order valence-electron chi connectivity index (χ1n) is 6.78. The Bertz CT molecular complexity index is 209. The topological polar surface area (TPSA) is 38.7 Å². The molecule has 0 aromatic rings. The van der Waals surface area contributed by atoms with E-state index in [1.54, 1.807) is 0 Å². The Hall–Kier alpha value is -0.160. The maximum atomic E-state index is 9.38. The summed E-state index contributed by atoms with van der Waals surface area (Å²) in [5.41, 5.74) is 0. The van der Waals surface area contributed by atoms with Crippen molar-refractivity contribution in [2.45, 2.75) is 44.8 Å². The van der Waals surface area contributed by atoms with Crippen molar-refractivity contribution in [2.75, 3.05) is 40.3 Å². The fraction of sp³-hybridized carbons (Fsp3) is 1.00. The van der Waals surface area contributed by atoms with Crippen LogP contribution in [0.15, 0.2) is 0 Å². The maximum Gasteiger partial charge on any atom is 0.0597 e. The molecule has 0 radical (unpaired) electrons. The zero-order valence-corrected chi connectivity index (χ0v) is 11.8. The number of aliphatic hydroxyl groups is 1. The molecular formula is C13H29N3O. The van der Waals surface area contributed by atoms with Gasteiger partial charge < -0.3 is 20.2 Å². The highest BCUT2D eigenvalue weighted by Gasteiger charge is 2.23. The molecule has 1 rings (SSSR count). The summed E-state index contributed by atoms with van der Waals surface area (Å²) < 4.78 is 0. The van der Waals surface area contributed by atoms with Crippen LogP contribution in [0.2, 0.25) is 0 Å². The Morgan fingerprint density at radius 1 is 1.41 bits per heavy atom. The summed E-state index contributed by atoms with van der Waals surface area (Å²) in [5.74, 6) is 0. The van der Waals surface area contributed by atoms with Gasteiger partial charge in [-0.3, -0.25) is 0 Å². The average Bonchev–Trinajstić information content (AvgIpc) is 2.28. The van der Waals surface area contributed by atoms with E-state index in [2.05, 4.69) is 43.1 Å². The average molecular weight is 243 g/mol. The first-order valence-corrected chi connectivity index (χ1v) is 6.78.